The number of hydrogen-bond donors (Lipinski definition) is 1. The van der Waals surface area contributed by atoms with E-state index >= 15 is 0 Å². The summed E-state index contributed by atoms with van der Waals surface area (Å²) in [7, 11) is 1.60. The molecule has 7 heteroatoms. The highest BCUT2D eigenvalue weighted by molar-refractivity contribution is 7.08. The third kappa shape index (κ3) is 3.71. The largest absolute Gasteiger partial charge is 0.497 e. The third-order valence-corrected chi connectivity index (χ3v) is 5.68. The van der Waals surface area contributed by atoms with E-state index < -0.39 is 0 Å². The predicted octanol–water partition coefficient (Wildman–Crippen LogP) is 3.87. The molecule has 1 atom stereocenters. The third-order valence-electron chi connectivity index (χ3n) is 4.99. The maximum atomic E-state index is 13.1. The van der Waals surface area contributed by atoms with Gasteiger partial charge in [-0.25, -0.2) is 4.98 Å². The van der Waals surface area contributed by atoms with Crippen LogP contribution in [0.5, 0.6) is 5.75 Å². The van der Waals surface area contributed by atoms with Crippen LogP contribution in [0.2, 0.25) is 0 Å². The van der Waals surface area contributed by atoms with Gasteiger partial charge in [0.25, 0.3) is 11.5 Å². The summed E-state index contributed by atoms with van der Waals surface area (Å²) in [5, 5.41) is 3.92. The molecule has 6 nitrogen and oxygen atoms in total. The van der Waals surface area contributed by atoms with Gasteiger partial charge in [-0.05, 0) is 55.0 Å². The average Bonchev–Trinajstić information content (AvgIpc) is 3.28. The Morgan fingerprint density at radius 2 is 2.07 bits per heavy atom. The average molecular weight is 395 g/mol. The van der Waals surface area contributed by atoms with Crippen LogP contribution in [0.4, 0.5) is 0 Å². The molecule has 1 aromatic carbocycles. The van der Waals surface area contributed by atoms with E-state index in [0.29, 0.717) is 29.4 Å². The van der Waals surface area contributed by atoms with Crippen molar-refractivity contribution in [1.29, 1.82) is 0 Å². The monoisotopic (exact) mass is 395 g/mol. The Kier molecular flexibility index (Phi) is 5.25. The second kappa shape index (κ2) is 7.98. The Balaban J connectivity index is 1.67. The second-order valence-electron chi connectivity index (χ2n) is 6.77. The van der Waals surface area contributed by atoms with Crippen molar-refractivity contribution in [2.24, 2.45) is 0 Å². The van der Waals surface area contributed by atoms with E-state index in [2.05, 4.69) is 4.98 Å². The quantitative estimate of drug-likeness (QED) is 0.728. The van der Waals surface area contributed by atoms with E-state index in [9.17, 15) is 9.59 Å². The molecule has 0 bridgehead atoms. The number of amides is 1. The number of aromatic amines is 1. The number of piperidine rings is 1. The van der Waals surface area contributed by atoms with Crippen molar-refractivity contribution in [3.8, 4) is 17.0 Å². The number of benzene rings is 1. The number of hydrogen-bond acceptors (Lipinski definition) is 5. The molecule has 144 valence electrons. The number of carbonyl (C=O) groups is 1. The number of ether oxygens (including phenoxy) is 1. The summed E-state index contributed by atoms with van der Waals surface area (Å²) < 4.78 is 5.17. The molecule has 0 unspecified atom stereocenters. The summed E-state index contributed by atoms with van der Waals surface area (Å²) in [5.74, 6) is 1.20. The number of likely N-dealkylation sites (tertiary alicyclic amines) is 1. The van der Waals surface area contributed by atoms with Gasteiger partial charge >= 0.3 is 0 Å². The molecule has 1 N–H and O–H groups in total. The first-order valence-electron chi connectivity index (χ1n) is 9.24. The van der Waals surface area contributed by atoms with E-state index in [4.69, 9.17) is 9.72 Å². The fourth-order valence-electron chi connectivity index (χ4n) is 3.55. The van der Waals surface area contributed by atoms with Gasteiger partial charge < -0.3 is 14.6 Å². The topological polar surface area (TPSA) is 75.3 Å². The van der Waals surface area contributed by atoms with Crippen molar-refractivity contribution in [2.75, 3.05) is 13.7 Å². The molecule has 3 heterocycles. The Bertz CT molecular complexity index is 1010. The standard InChI is InChI=1S/C21H21N3O3S/c1-27-16-7-5-14(6-8-16)21(26)24-10-3-2-4-18(24)20-22-17(12-19(25)23-20)15-9-11-28-13-15/h5-9,11-13,18H,2-4,10H2,1H3,(H,22,23,25)/t18-/m1/s1. The fourth-order valence-corrected chi connectivity index (χ4v) is 4.20. The van der Waals surface area contributed by atoms with Gasteiger partial charge in [-0.15, -0.1) is 0 Å². The number of aromatic nitrogens is 2. The number of rotatable bonds is 4. The van der Waals surface area contributed by atoms with E-state index in [0.717, 1.165) is 24.8 Å². The highest BCUT2D eigenvalue weighted by atomic mass is 32.1. The normalized spacial score (nSPS) is 16.8. The number of nitrogens with zero attached hydrogens (tertiary/aromatic N) is 2. The van der Waals surface area contributed by atoms with E-state index in [1.165, 1.54) is 6.07 Å². The molecular formula is C21H21N3O3S. The Morgan fingerprint density at radius 3 is 2.79 bits per heavy atom. The molecule has 1 aliphatic rings. The van der Waals surface area contributed by atoms with Crippen LogP contribution in [-0.2, 0) is 0 Å². The molecule has 0 saturated carbocycles. The Morgan fingerprint density at radius 1 is 1.25 bits per heavy atom. The predicted molar refractivity (Wildman–Crippen MR) is 109 cm³/mol. The van der Waals surface area contributed by atoms with Crippen LogP contribution in [-0.4, -0.2) is 34.4 Å². The molecule has 0 spiro atoms. The van der Waals surface area contributed by atoms with Crippen LogP contribution in [0, 0.1) is 0 Å². The second-order valence-corrected chi connectivity index (χ2v) is 7.55. The van der Waals surface area contributed by atoms with Crippen LogP contribution in [0.15, 0.2) is 52.0 Å². The van der Waals surface area contributed by atoms with E-state index in [1.807, 2.05) is 21.7 Å². The first kappa shape index (κ1) is 18.4. The highest BCUT2D eigenvalue weighted by Gasteiger charge is 2.30. The number of methoxy groups -OCH3 is 1. The summed E-state index contributed by atoms with van der Waals surface area (Å²) in [6, 6.07) is 10.3. The highest BCUT2D eigenvalue weighted by Crippen LogP contribution is 2.31. The van der Waals surface area contributed by atoms with Gasteiger partial charge in [0.15, 0.2) is 0 Å². The van der Waals surface area contributed by atoms with Crippen molar-refractivity contribution in [2.45, 2.75) is 25.3 Å². The van der Waals surface area contributed by atoms with Crippen molar-refractivity contribution < 1.29 is 9.53 Å². The molecule has 4 rings (SSSR count). The molecule has 2 aromatic heterocycles. The van der Waals surface area contributed by atoms with E-state index in [-0.39, 0.29) is 17.5 Å². The van der Waals surface area contributed by atoms with Crippen LogP contribution in [0.1, 0.15) is 41.5 Å². The fraction of sp³-hybridized carbons (Fsp3) is 0.286. The number of H-pyrrole nitrogens is 1. The first-order chi connectivity index (χ1) is 13.7. The molecule has 1 saturated heterocycles. The van der Waals surface area contributed by atoms with Crippen molar-refractivity contribution in [1.82, 2.24) is 14.9 Å². The van der Waals surface area contributed by atoms with Gasteiger partial charge in [0, 0.05) is 29.1 Å². The SMILES string of the molecule is COc1ccc(C(=O)N2CCCC[C@@H]2c2nc(-c3ccsc3)cc(=O)[nH]2)cc1. The summed E-state index contributed by atoms with van der Waals surface area (Å²) >= 11 is 1.56. The lowest BCUT2D eigenvalue weighted by Gasteiger charge is -2.35. The Labute approximate surface area is 166 Å². The van der Waals surface area contributed by atoms with Gasteiger partial charge in [0.05, 0.1) is 18.8 Å². The lowest BCUT2D eigenvalue weighted by atomic mass is 9.99. The summed E-state index contributed by atoms with van der Waals surface area (Å²) in [5.41, 5.74) is 1.96. The summed E-state index contributed by atoms with van der Waals surface area (Å²) in [6.07, 6.45) is 2.70. The zero-order valence-corrected chi connectivity index (χ0v) is 16.4. The molecular weight excluding hydrogens is 374 g/mol. The van der Waals surface area contributed by atoms with Crippen LogP contribution >= 0.6 is 11.3 Å². The lowest BCUT2D eigenvalue weighted by molar-refractivity contribution is 0.0599. The lowest BCUT2D eigenvalue weighted by Crippen LogP contribution is -2.39. The van der Waals surface area contributed by atoms with Crippen LogP contribution in [0.3, 0.4) is 0 Å². The van der Waals surface area contributed by atoms with Crippen molar-refractivity contribution in [3.63, 3.8) is 0 Å². The van der Waals surface area contributed by atoms with Gasteiger partial charge in [0.1, 0.15) is 11.6 Å². The van der Waals surface area contributed by atoms with Gasteiger partial charge in [-0.2, -0.15) is 11.3 Å². The van der Waals surface area contributed by atoms with Gasteiger partial charge in [0.2, 0.25) is 0 Å². The van der Waals surface area contributed by atoms with E-state index in [1.54, 1.807) is 42.7 Å². The molecule has 1 aliphatic heterocycles. The maximum absolute atomic E-state index is 13.1. The maximum Gasteiger partial charge on any atom is 0.254 e. The first-order valence-corrected chi connectivity index (χ1v) is 10.2. The summed E-state index contributed by atoms with van der Waals surface area (Å²) in [4.78, 5) is 34.8. The van der Waals surface area contributed by atoms with Gasteiger partial charge in [-0.1, -0.05) is 0 Å². The Hall–Kier alpha value is -2.93. The zero-order chi connectivity index (χ0) is 19.5. The minimum absolute atomic E-state index is 0.0593. The number of thiophene rings is 1. The molecule has 3 aromatic rings. The zero-order valence-electron chi connectivity index (χ0n) is 15.6. The molecule has 0 aliphatic carbocycles. The summed E-state index contributed by atoms with van der Waals surface area (Å²) in [6.45, 7) is 0.641. The minimum atomic E-state index is -0.241. The molecule has 1 amide bonds. The smallest absolute Gasteiger partial charge is 0.254 e. The molecule has 1 fully saturated rings. The number of carbonyl (C=O) groups excluding carboxylic acids is 1. The molecule has 28 heavy (non-hydrogen) atoms. The molecule has 0 radical (unpaired) electrons. The van der Waals surface area contributed by atoms with Crippen molar-refractivity contribution >= 4 is 17.2 Å². The minimum Gasteiger partial charge on any atom is -0.497 e. The van der Waals surface area contributed by atoms with Gasteiger partial charge in [-0.3, -0.25) is 9.59 Å². The van der Waals surface area contributed by atoms with Crippen LogP contribution < -0.4 is 10.3 Å². The number of nitrogens with one attached hydrogen (secondary N) is 1. The van der Waals surface area contributed by atoms with Crippen molar-refractivity contribution in [3.05, 3.63) is 68.9 Å². The van der Waals surface area contributed by atoms with Crippen LogP contribution in [0.25, 0.3) is 11.3 Å².